The lowest BCUT2D eigenvalue weighted by molar-refractivity contribution is -0.126. The summed E-state index contributed by atoms with van der Waals surface area (Å²) in [6.07, 6.45) is 0. The summed E-state index contributed by atoms with van der Waals surface area (Å²) in [5.41, 5.74) is 4.73. The van der Waals surface area contributed by atoms with Crippen molar-refractivity contribution in [3.8, 4) is 0 Å². The Morgan fingerprint density at radius 3 is 2.62 bits per heavy atom. The van der Waals surface area contributed by atoms with Gasteiger partial charge in [0, 0.05) is 9.75 Å². The molecule has 3 N–H and O–H groups in total. The number of aryl methyl sites for hydroxylation is 1. The minimum atomic E-state index is -0.790. The lowest BCUT2D eigenvalue weighted by Crippen LogP contribution is -2.44. The Bertz CT molecular complexity index is 410. The predicted molar refractivity (Wildman–Crippen MR) is 71.5 cm³/mol. The molecule has 0 aliphatic rings. The summed E-state index contributed by atoms with van der Waals surface area (Å²) in [7, 11) is 0. The number of carbonyl (C=O) groups excluding carboxylic acids is 1. The van der Waals surface area contributed by atoms with Crippen LogP contribution in [0.25, 0.3) is 0 Å². The molecule has 1 aromatic heterocycles. The lowest BCUT2D eigenvalue weighted by atomic mass is 9.92. The summed E-state index contributed by atoms with van der Waals surface area (Å²) in [5, 5.41) is 2.84. The molecule has 0 bridgehead atoms. The fraction of sp³-hybridized carbons (Fsp3) is 0.455. The molecular formula is C11H16N2OS2. The van der Waals surface area contributed by atoms with E-state index < -0.39 is 5.41 Å². The van der Waals surface area contributed by atoms with Crippen molar-refractivity contribution in [3.63, 3.8) is 0 Å². The van der Waals surface area contributed by atoms with Crippen LogP contribution in [0.3, 0.4) is 0 Å². The first kappa shape index (κ1) is 13.1. The molecule has 0 spiro atoms. The first-order chi connectivity index (χ1) is 7.34. The Hall–Kier alpha value is -0.940. The minimum Gasteiger partial charge on any atom is -0.392 e. The molecule has 3 nitrogen and oxygen atoms in total. The highest BCUT2D eigenvalue weighted by molar-refractivity contribution is 7.80. The second-order valence-corrected chi connectivity index (χ2v) is 6.00. The molecule has 0 atom stereocenters. The summed E-state index contributed by atoms with van der Waals surface area (Å²) in [6.45, 7) is 6.02. The molecule has 0 fully saturated rings. The Labute approximate surface area is 105 Å². The molecule has 1 rings (SSSR count). The zero-order valence-electron chi connectivity index (χ0n) is 9.66. The van der Waals surface area contributed by atoms with Crippen LogP contribution in [0.5, 0.6) is 0 Å². The van der Waals surface area contributed by atoms with E-state index in [0.29, 0.717) is 6.54 Å². The number of nitrogens with two attached hydrogens (primary N) is 1. The number of amides is 1. The predicted octanol–water partition coefficient (Wildman–Crippen LogP) is 1.99. The van der Waals surface area contributed by atoms with Gasteiger partial charge in [-0.15, -0.1) is 11.3 Å². The third kappa shape index (κ3) is 3.02. The van der Waals surface area contributed by atoms with Gasteiger partial charge in [-0.25, -0.2) is 0 Å². The van der Waals surface area contributed by atoms with Gasteiger partial charge in [-0.05, 0) is 32.9 Å². The molecule has 0 saturated carbocycles. The molecule has 1 aromatic rings. The maximum atomic E-state index is 11.8. The Morgan fingerprint density at radius 1 is 1.56 bits per heavy atom. The molecule has 1 heterocycles. The van der Waals surface area contributed by atoms with Gasteiger partial charge in [-0.1, -0.05) is 12.2 Å². The van der Waals surface area contributed by atoms with Gasteiger partial charge in [0.1, 0.15) is 0 Å². The monoisotopic (exact) mass is 256 g/mol. The van der Waals surface area contributed by atoms with Crippen molar-refractivity contribution in [1.82, 2.24) is 5.32 Å². The van der Waals surface area contributed by atoms with Crippen LogP contribution in [0.2, 0.25) is 0 Å². The molecule has 88 valence electrons. The molecule has 0 aliphatic carbocycles. The van der Waals surface area contributed by atoms with Gasteiger partial charge < -0.3 is 11.1 Å². The number of rotatable bonds is 4. The third-order valence-electron chi connectivity index (χ3n) is 2.40. The Morgan fingerprint density at radius 2 is 2.19 bits per heavy atom. The summed E-state index contributed by atoms with van der Waals surface area (Å²) < 4.78 is 0. The summed E-state index contributed by atoms with van der Waals surface area (Å²) in [6, 6.07) is 4.04. The van der Waals surface area contributed by atoms with Crippen molar-refractivity contribution in [3.05, 3.63) is 21.9 Å². The van der Waals surface area contributed by atoms with Crippen LogP contribution in [0.4, 0.5) is 0 Å². The zero-order chi connectivity index (χ0) is 12.3. The molecule has 0 saturated heterocycles. The van der Waals surface area contributed by atoms with E-state index in [0.717, 1.165) is 4.88 Å². The van der Waals surface area contributed by atoms with Crippen LogP contribution < -0.4 is 11.1 Å². The highest BCUT2D eigenvalue weighted by Gasteiger charge is 2.30. The topological polar surface area (TPSA) is 55.1 Å². The molecule has 0 aromatic carbocycles. The molecule has 0 aliphatic heterocycles. The van der Waals surface area contributed by atoms with Gasteiger partial charge in [0.05, 0.1) is 16.9 Å². The van der Waals surface area contributed by atoms with E-state index in [4.69, 9.17) is 18.0 Å². The molecule has 0 unspecified atom stereocenters. The SMILES string of the molecule is Cc1ccc(CNC(=O)C(C)(C)C(N)=S)s1. The molecule has 5 heteroatoms. The second-order valence-electron chi connectivity index (χ2n) is 4.18. The van der Waals surface area contributed by atoms with E-state index >= 15 is 0 Å². The summed E-state index contributed by atoms with van der Waals surface area (Å²) in [4.78, 5) is 14.4. The molecule has 16 heavy (non-hydrogen) atoms. The van der Waals surface area contributed by atoms with Crippen molar-refractivity contribution in [2.75, 3.05) is 0 Å². The maximum Gasteiger partial charge on any atom is 0.232 e. The second kappa shape index (κ2) is 4.93. The fourth-order valence-electron chi connectivity index (χ4n) is 1.08. The van der Waals surface area contributed by atoms with Crippen molar-refractivity contribution in [1.29, 1.82) is 0 Å². The Kier molecular flexibility index (Phi) is 4.04. The average Bonchev–Trinajstić information content (AvgIpc) is 2.60. The van der Waals surface area contributed by atoms with Crippen LogP contribution in [0.15, 0.2) is 12.1 Å². The number of nitrogens with one attached hydrogen (secondary N) is 1. The smallest absolute Gasteiger partial charge is 0.232 e. The van der Waals surface area contributed by atoms with E-state index in [1.165, 1.54) is 4.88 Å². The van der Waals surface area contributed by atoms with Crippen LogP contribution >= 0.6 is 23.6 Å². The largest absolute Gasteiger partial charge is 0.392 e. The number of hydrogen-bond acceptors (Lipinski definition) is 3. The maximum absolute atomic E-state index is 11.8. The van der Waals surface area contributed by atoms with E-state index in [1.54, 1.807) is 25.2 Å². The molecule has 0 radical (unpaired) electrons. The van der Waals surface area contributed by atoms with E-state index in [-0.39, 0.29) is 10.9 Å². The highest BCUT2D eigenvalue weighted by Crippen LogP contribution is 2.18. The molecular weight excluding hydrogens is 240 g/mol. The fourth-order valence-corrected chi connectivity index (χ4v) is 2.00. The Balaban J connectivity index is 2.56. The zero-order valence-corrected chi connectivity index (χ0v) is 11.3. The van der Waals surface area contributed by atoms with Gasteiger partial charge in [-0.2, -0.15) is 0 Å². The average molecular weight is 256 g/mol. The van der Waals surface area contributed by atoms with Gasteiger partial charge in [0.15, 0.2) is 0 Å². The van der Waals surface area contributed by atoms with Crippen molar-refractivity contribution in [2.45, 2.75) is 27.3 Å². The summed E-state index contributed by atoms with van der Waals surface area (Å²) >= 11 is 6.53. The molecule has 1 amide bonds. The van der Waals surface area contributed by atoms with Crippen LogP contribution in [0, 0.1) is 12.3 Å². The van der Waals surface area contributed by atoms with E-state index in [9.17, 15) is 4.79 Å². The van der Waals surface area contributed by atoms with Gasteiger partial charge in [0.25, 0.3) is 0 Å². The van der Waals surface area contributed by atoms with Gasteiger partial charge in [0.2, 0.25) is 5.91 Å². The van der Waals surface area contributed by atoms with Crippen LogP contribution in [-0.4, -0.2) is 10.9 Å². The van der Waals surface area contributed by atoms with Gasteiger partial charge >= 0.3 is 0 Å². The minimum absolute atomic E-state index is 0.133. The standard InChI is InChI=1S/C11H16N2OS2/c1-7-4-5-8(16-7)6-13-10(14)11(2,3)9(12)15/h4-5H,6H2,1-3H3,(H2,12,15)(H,13,14). The number of thiophene rings is 1. The van der Waals surface area contributed by atoms with Gasteiger partial charge in [-0.3, -0.25) is 4.79 Å². The first-order valence-corrected chi connectivity index (χ1v) is 6.20. The first-order valence-electron chi connectivity index (χ1n) is 4.97. The van der Waals surface area contributed by atoms with Crippen molar-refractivity contribution < 1.29 is 4.79 Å². The summed E-state index contributed by atoms with van der Waals surface area (Å²) in [5.74, 6) is -0.133. The quantitative estimate of drug-likeness (QED) is 0.810. The third-order valence-corrected chi connectivity index (χ3v) is 3.91. The van der Waals surface area contributed by atoms with E-state index in [1.807, 2.05) is 19.1 Å². The number of carbonyl (C=O) groups is 1. The van der Waals surface area contributed by atoms with Crippen molar-refractivity contribution in [2.24, 2.45) is 11.1 Å². The van der Waals surface area contributed by atoms with Crippen molar-refractivity contribution >= 4 is 34.5 Å². The van der Waals surface area contributed by atoms with Crippen LogP contribution in [-0.2, 0) is 11.3 Å². The number of thiocarbonyl (C=S) groups is 1. The van der Waals surface area contributed by atoms with Crippen LogP contribution in [0.1, 0.15) is 23.6 Å². The highest BCUT2D eigenvalue weighted by atomic mass is 32.1. The lowest BCUT2D eigenvalue weighted by Gasteiger charge is -2.21. The van der Waals surface area contributed by atoms with E-state index in [2.05, 4.69) is 5.32 Å². The normalized spacial score (nSPS) is 11.2. The number of hydrogen-bond donors (Lipinski definition) is 2.